The van der Waals surface area contributed by atoms with E-state index in [-0.39, 0.29) is 11.8 Å². The Balaban J connectivity index is 1.42. The highest BCUT2D eigenvalue weighted by atomic mass is 16.5. The van der Waals surface area contributed by atoms with Gasteiger partial charge in [0.15, 0.2) is 0 Å². The maximum Gasteiger partial charge on any atom is 0.232 e. The van der Waals surface area contributed by atoms with Crippen LogP contribution in [0, 0.1) is 0 Å². The summed E-state index contributed by atoms with van der Waals surface area (Å²) in [4.78, 5) is 13.0. The van der Waals surface area contributed by atoms with Gasteiger partial charge in [0.1, 0.15) is 12.4 Å². The second-order valence-corrected chi connectivity index (χ2v) is 6.87. The fourth-order valence-electron chi connectivity index (χ4n) is 3.55. The minimum absolute atomic E-state index is 0.0241. The van der Waals surface area contributed by atoms with Crippen LogP contribution >= 0.6 is 0 Å². The highest BCUT2D eigenvalue weighted by molar-refractivity contribution is 5.88. The molecule has 0 aliphatic carbocycles. The van der Waals surface area contributed by atoms with Crippen LogP contribution in [0.5, 0.6) is 5.75 Å². The van der Waals surface area contributed by atoms with E-state index in [4.69, 9.17) is 4.74 Å². The molecule has 4 aromatic rings. The Hall–Kier alpha value is -3.59. The van der Waals surface area contributed by atoms with Gasteiger partial charge in [0.2, 0.25) is 5.91 Å². The molecule has 4 aromatic carbocycles. The van der Waals surface area contributed by atoms with Crippen molar-refractivity contribution in [3.63, 3.8) is 0 Å². The SMILES string of the molecule is O=C(NCCOc1cccc2ccccc12)C(c1ccccc1)c1ccccc1. The van der Waals surface area contributed by atoms with Gasteiger partial charge in [-0.1, -0.05) is 97.1 Å². The van der Waals surface area contributed by atoms with Gasteiger partial charge in [-0.25, -0.2) is 0 Å². The maximum atomic E-state index is 13.0. The number of nitrogens with one attached hydrogen (secondary N) is 1. The second kappa shape index (κ2) is 9.07. The Morgan fingerprint density at radius 3 is 2.00 bits per heavy atom. The van der Waals surface area contributed by atoms with Gasteiger partial charge in [0.25, 0.3) is 0 Å². The second-order valence-electron chi connectivity index (χ2n) is 6.87. The van der Waals surface area contributed by atoms with Gasteiger partial charge in [0, 0.05) is 5.39 Å². The number of hydrogen-bond donors (Lipinski definition) is 1. The fourth-order valence-corrected chi connectivity index (χ4v) is 3.55. The molecule has 0 fully saturated rings. The summed E-state index contributed by atoms with van der Waals surface area (Å²) < 4.78 is 5.95. The molecule has 3 heteroatoms. The first-order valence-corrected chi connectivity index (χ1v) is 9.81. The van der Waals surface area contributed by atoms with Crippen LogP contribution in [0.25, 0.3) is 10.8 Å². The molecule has 0 spiro atoms. The highest BCUT2D eigenvalue weighted by Crippen LogP contribution is 2.26. The summed E-state index contributed by atoms with van der Waals surface area (Å²) in [6, 6.07) is 33.9. The fraction of sp³-hybridized carbons (Fsp3) is 0.115. The predicted molar refractivity (Wildman–Crippen MR) is 117 cm³/mol. The standard InChI is InChI=1S/C26H23NO2/c28-26(25(21-11-3-1-4-12-21)22-13-5-2-6-14-22)27-18-19-29-24-17-9-15-20-10-7-8-16-23(20)24/h1-17,25H,18-19H2,(H,27,28). The lowest BCUT2D eigenvalue weighted by Gasteiger charge is -2.18. The number of carbonyl (C=O) groups is 1. The summed E-state index contributed by atoms with van der Waals surface area (Å²) in [6.07, 6.45) is 0. The smallest absolute Gasteiger partial charge is 0.232 e. The van der Waals surface area contributed by atoms with Crippen molar-refractivity contribution in [2.24, 2.45) is 0 Å². The zero-order valence-electron chi connectivity index (χ0n) is 16.1. The molecule has 4 rings (SSSR count). The number of rotatable bonds is 7. The molecule has 0 bridgehead atoms. The van der Waals surface area contributed by atoms with Gasteiger partial charge in [-0.3, -0.25) is 4.79 Å². The molecule has 0 aliphatic rings. The summed E-state index contributed by atoms with van der Waals surface area (Å²) in [7, 11) is 0. The van der Waals surface area contributed by atoms with Gasteiger partial charge < -0.3 is 10.1 Å². The molecule has 0 saturated carbocycles. The van der Waals surface area contributed by atoms with Crippen molar-refractivity contribution < 1.29 is 9.53 Å². The normalized spacial score (nSPS) is 10.8. The monoisotopic (exact) mass is 381 g/mol. The summed E-state index contributed by atoms with van der Waals surface area (Å²) in [5, 5.41) is 5.25. The Labute approximate surface area is 171 Å². The van der Waals surface area contributed by atoms with Crippen molar-refractivity contribution in [2.75, 3.05) is 13.2 Å². The van der Waals surface area contributed by atoms with Gasteiger partial charge in [0.05, 0.1) is 12.5 Å². The molecule has 0 aromatic heterocycles. The first-order chi connectivity index (χ1) is 14.3. The topological polar surface area (TPSA) is 38.3 Å². The van der Waals surface area contributed by atoms with Crippen LogP contribution in [0.15, 0.2) is 103 Å². The van der Waals surface area contributed by atoms with E-state index in [0.717, 1.165) is 27.6 Å². The van der Waals surface area contributed by atoms with Crippen LogP contribution in [0.2, 0.25) is 0 Å². The molecule has 0 saturated heterocycles. The van der Waals surface area contributed by atoms with Crippen molar-refractivity contribution in [3.05, 3.63) is 114 Å². The molecule has 0 heterocycles. The third kappa shape index (κ3) is 4.46. The van der Waals surface area contributed by atoms with E-state index >= 15 is 0 Å². The third-order valence-electron chi connectivity index (χ3n) is 4.94. The van der Waals surface area contributed by atoms with Gasteiger partial charge in [-0.05, 0) is 22.6 Å². The molecule has 29 heavy (non-hydrogen) atoms. The van der Waals surface area contributed by atoms with Crippen LogP contribution in [0.1, 0.15) is 17.0 Å². The first kappa shape index (κ1) is 18.8. The number of ether oxygens (including phenoxy) is 1. The zero-order valence-corrected chi connectivity index (χ0v) is 16.1. The maximum absolute atomic E-state index is 13.0. The van der Waals surface area contributed by atoms with Gasteiger partial charge in [-0.2, -0.15) is 0 Å². The Kier molecular flexibility index (Phi) is 5.87. The van der Waals surface area contributed by atoms with Crippen molar-refractivity contribution in [2.45, 2.75) is 5.92 Å². The number of fused-ring (bicyclic) bond motifs is 1. The van der Waals surface area contributed by atoms with Crippen LogP contribution in [0.3, 0.4) is 0 Å². The summed E-state index contributed by atoms with van der Waals surface area (Å²) in [6.45, 7) is 0.855. The summed E-state index contributed by atoms with van der Waals surface area (Å²) in [5.74, 6) is 0.471. The average molecular weight is 381 g/mol. The number of amides is 1. The van der Waals surface area contributed by atoms with E-state index in [1.165, 1.54) is 0 Å². The molecule has 3 nitrogen and oxygen atoms in total. The Morgan fingerprint density at radius 1 is 0.724 bits per heavy atom. The van der Waals surface area contributed by atoms with Crippen LogP contribution in [-0.2, 0) is 4.79 Å². The third-order valence-corrected chi connectivity index (χ3v) is 4.94. The number of hydrogen-bond acceptors (Lipinski definition) is 2. The largest absolute Gasteiger partial charge is 0.491 e. The summed E-state index contributed by atoms with van der Waals surface area (Å²) in [5.41, 5.74) is 1.96. The quantitative estimate of drug-likeness (QED) is 0.449. The van der Waals surface area contributed by atoms with Crippen molar-refractivity contribution in [3.8, 4) is 5.75 Å². The van der Waals surface area contributed by atoms with Crippen molar-refractivity contribution in [1.82, 2.24) is 5.32 Å². The van der Waals surface area contributed by atoms with Crippen molar-refractivity contribution in [1.29, 1.82) is 0 Å². The Bertz CT molecular complexity index is 1030. The molecule has 0 unspecified atom stereocenters. The van der Waals surface area contributed by atoms with E-state index in [1.807, 2.05) is 91.0 Å². The summed E-state index contributed by atoms with van der Waals surface area (Å²) >= 11 is 0. The molecule has 1 N–H and O–H groups in total. The van der Waals surface area contributed by atoms with Gasteiger partial charge in [-0.15, -0.1) is 0 Å². The minimum Gasteiger partial charge on any atom is -0.491 e. The molecular formula is C26H23NO2. The van der Waals surface area contributed by atoms with Crippen molar-refractivity contribution >= 4 is 16.7 Å². The van der Waals surface area contributed by atoms with Crippen LogP contribution < -0.4 is 10.1 Å². The van der Waals surface area contributed by atoms with E-state index in [1.54, 1.807) is 0 Å². The van der Waals surface area contributed by atoms with Crippen LogP contribution in [-0.4, -0.2) is 19.1 Å². The Morgan fingerprint density at radius 2 is 1.31 bits per heavy atom. The lowest BCUT2D eigenvalue weighted by molar-refractivity contribution is -0.121. The highest BCUT2D eigenvalue weighted by Gasteiger charge is 2.22. The molecule has 0 atom stereocenters. The minimum atomic E-state index is -0.338. The lowest BCUT2D eigenvalue weighted by Crippen LogP contribution is -2.33. The van der Waals surface area contributed by atoms with E-state index in [0.29, 0.717) is 13.2 Å². The molecule has 1 amide bonds. The number of carbonyl (C=O) groups excluding carboxylic acids is 1. The molecular weight excluding hydrogens is 358 g/mol. The lowest BCUT2D eigenvalue weighted by atomic mass is 9.90. The van der Waals surface area contributed by atoms with E-state index in [9.17, 15) is 4.79 Å². The van der Waals surface area contributed by atoms with Crippen LogP contribution in [0.4, 0.5) is 0 Å². The van der Waals surface area contributed by atoms with E-state index < -0.39 is 0 Å². The average Bonchev–Trinajstić information content (AvgIpc) is 2.78. The molecule has 0 aliphatic heterocycles. The molecule has 0 radical (unpaired) electrons. The van der Waals surface area contributed by atoms with E-state index in [2.05, 4.69) is 17.4 Å². The zero-order chi connectivity index (χ0) is 19.9. The first-order valence-electron chi connectivity index (χ1n) is 9.81. The number of benzene rings is 4. The predicted octanol–water partition coefficient (Wildman–Crippen LogP) is 5.17. The molecule has 144 valence electrons. The van der Waals surface area contributed by atoms with Gasteiger partial charge >= 0.3 is 0 Å².